The average molecular weight is 376 g/mol. The Kier molecular flexibility index (Phi) is 4.60. The van der Waals surface area contributed by atoms with E-state index in [9.17, 15) is 13.2 Å². The normalized spacial score (nSPS) is 16.5. The van der Waals surface area contributed by atoms with Crippen LogP contribution in [0, 0.1) is 6.92 Å². The Labute approximate surface area is 132 Å². The number of rotatable bonds is 5. The highest BCUT2D eigenvalue weighted by atomic mass is 79.9. The second-order valence-electron chi connectivity index (χ2n) is 5.27. The molecule has 1 saturated carbocycles. The Balaban J connectivity index is 2.17. The highest BCUT2D eigenvalue weighted by Crippen LogP contribution is 2.26. The molecular formula is C13H18BrN3O3S. The van der Waals surface area contributed by atoms with Gasteiger partial charge in [0.05, 0.1) is 10.9 Å². The average Bonchev–Trinajstić information content (AvgIpc) is 3.16. The first-order valence-corrected chi connectivity index (χ1v) is 8.86. The molecule has 116 valence electrons. The summed E-state index contributed by atoms with van der Waals surface area (Å²) in [6.45, 7) is 3.19. The minimum Gasteiger partial charge on any atom is -0.398 e. The Morgan fingerprint density at radius 2 is 2.05 bits per heavy atom. The lowest BCUT2D eigenvalue weighted by molar-refractivity contribution is -0.122. The van der Waals surface area contributed by atoms with E-state index in [0.29, 0.717) is 15.7 Å². The minimum atomic E-state index is -3.80. The van der Waals surface area contributed by atoms with Crippen molar-refractivity contribution < 1.29 is 13.2 Å². The number of nitrogens with two attached hydrogens (primary N) is 1. The standard InChI is InChI=1S/C13H18BrN3O3S/c1-7-5-10(14)11(15)6-12(7)21(19,20)17-8(2)13(18)16-9-3-4-9/h5-6,8-9,17H,3-4,15H2,1-2H3,(H,16,18). The number of benzene rings is 1. The zero-order valence-electron chi connectivity index (χ0n) is 11.8. The van der Waals surface area contributed by atoms with E-state index in [4.69, 9.17) is 5.73 Å². The number of aryl methyl sites for hydroxylation is 1. The van der Waals surface area contributed by atoms with Gasteiger partial charge in [-0.05, 0) is 60.3 Å². The van der Waals surface area contributed by atoms with Crippen molar-refractivity contribution in [3.8, 4) is 0 Å². The van der Waals surface area contributed by atoms with Crippen molar-refractivity contribution >= 4 is 37.5 Å². The highest BCUT2D eigenvalue weighted by molar-refractivity contribution is 9.10. The van der Waals surface area contributed by atoms with Gasteiger partial charge in [-0.25, -0.2) is 8.42 Å². The number of sulfonamides is 1. The zero-order valence-corrected chi connectivity index (χ0v) is 14.2. The molecule has 0 spiro atoms. The first-order valence-electron chi connectivity index (χ1n) is 6.59. The first kappa shape index (κ1) is 16.3. The molecule has 8 heteroatoms. The van der Waals surface area contributed by atoms with E-state index in [0.717, 1.165) is 12.8 Å². The van der Waals surface area contributed by atoms with Crippen LogP contribution in [0.25, 0.3) is 0 Å². The van der Waals surface area contributed by atoms with Crippen LogP contribution in [0.15, 0.2) is 21.5 Å². The fourth-order valence-corrected chi connectivity index (χ4v) is 3.78. The maximum absolute atomic E-state index is 12.4. The quantitative estimate of drug-likeness (QED) is 0.674. The Bertz CT molecular complexity index is 671. The van der Waals surface area contributed by atoms with Crippen LogP contribution in [0.2, 0.25) is 0 Å². The van der Waals surface area contributed by atoms with Gasteiger partial charge in [-0.3, -0.25) is 4.79 Å². The summed E-state index contributed by atoms with van der Waals surface area (Å²) in [7, 11) is -3.80. The number of amides is 1. The maximum Gasteiger partial charge on any atom is 0.241 e. The van der Waals surface area contributed by atoms with Crippen LogP contribution < -0.4 is 15.8 Å². The molecule has 0 bridgehead atoms. The van der Waals surface area contributed by atoms with Crippen molar-refractivity contribution in [2.45, 2.75) is 43.7 Å². The minimum absolute atomic E-state index is 0.0780. The number of carbonyl (C=O) groups is 1. The van der Waals surface area contributed by atoms with E-state index in [2.05, 4.69) is 26.0 Å². The number of hydrogen-bond acceptors (Lipinski definition) is 4. The summed E-state index contributed by atoms with van der Waals surface area (Å²) in [5, 5.41) is 2.76. The van der Waals surface area contributed by atoms with Gasteiger partial charge in [-0.2, -0.15) is 4.72 Å². The van der Waals surface area contributed by atoms with Crippen molar-refractivity contribution in [1.29, 1.82) is 0 Å². The van der Waals surface area contributed by atoms with Crippen LogP contribution >= 0.6 is 15.9 Å². The lowest BCUT2D eigenvalue weighted by Gasteiger charge is -2.16. The smallest absolute Gasteiger partial charge is 0.241 e. The van der Waals surface area contributed by atoms with Gasteiger partial charge in [0.2, 0.25) is 15.9 Å². The van der Waals surface area contributed by atoms with Gasteiger partial charge in [-0.1, -0.05) is 0 Å². The first-order chi connectivity index (χ1) is 9.70. The van der Waals surface area contributed by atoms with Crippen LogP contribution in [0.1, 0.15) is 25.3 Å². The molecule has 0 radical (unpaired) electrons. The van der Waals surface area contributed by atoms with Crippen LogP contribution in [0.4, 0.5) is 5.69 Å². The molecule has 1 aliphatic carbocycles. The summed E-state index contributed by atoms with van der Waals surface area (Å²) in [5.41, 5.74) is 6.62. The van der Waals surface area contributed by atoms with Gasteiger partial charge in [0.25, 0.3) is 0 Å². The molecule has 0 aromatic heterocycles. The third kappa shape index (κ3) is 3.96. The summed E-state index contributed by atoms with van der Waals surface area (Å²) >= 11 is 3.25. The maximum atomic E-state index is 12.4. The van der Waals surface area contributed by atoms with E-state index < -0.39 is 16.1 Å². The third-order valence-electron chi connectivity index (χ3n) is 3.23. The Morgan fingerprint density at radius 1 is 1.43 bits per heavy atom. The van der Waals surface area contributed by atoms with Crippen molar-refractivity contribution in [1.82, 2.24) is 10.0 Å². The van der Waals surface area contributed by atoms with Crippen molar-refractivity contribution in [2.24, 2.45) is 0 Å². The van der Waals surface area contributed by atoms with Crippen molar-refractivity contribution in [3.05, 3.63) is 22.2 Å². The van der Waals surface area contributed by atoms with Gasteiger partial charge in [0.15, 0.2) is 0 Å². The molecule has 21 heavy (non-hydrogen) atoms. The zero-order chi connectivity index (χ0) is 15.8. The van der Waals surface area contributed by atoms with E-state index in [-0.39, 0.29) is 16.8 Å². The Morgan fingerprint density at radius 3 is 2.62 bits per heavy atom. The molecule has 1 aromatic rings. The van der Waals surface area contributed by atoms with E-state index in [1.165, 1.54) is 13.0 Å². The van der Waals surface area contributed by atoms with Crippen LogP contribution in [-0.4, -0.2) is 26.4 Å². The number of nitrogens with one attached hydrogen (secondary N) is 2. The van der Waals surface area contributed by atoms with Crippen LogP contribution in [0.3, 0.4) is 0 Å². The molecule has 1 fully saturated rings. The molecule has 0 heterocycles. The van der Waals surface area contributed by atoms with Gasteiger partial charge >= 0.3 is 0 Å². The second kappa shape index (κ2) is 5.94. The Hall–Kier alpha value is -1.12. The van der Waals surface area contributed by atoms with Gasteiger partial charge < -0.3 is 11.1 Å². The van der Waals surface area contributed by atoms with E-state index in [1.54, 1.807) is 13.0 Å². The lowest BCUT2D eigenvalue weighted by Crippen LogP contribution is -2.45. The number of hydrogen-bond donors (Lipinski definition) is 3. The summed E-state index contributed by atoms with van der Waals surface area (Å²) < 4.78 is 27.8. The monoisotopic (exact) mass is 375 g/mol. The molecule has 1 aromatic carbocycles. The number of nitrogen functional groups attached to an aromatic ring is 1. The van der Waals surface area contributed by atoms with Crippen molar-refractivity contribution in [3.63, 3.8) is 0 Å². The SMILES string of the molecule is Cc1cc(Br)c(N)cc1S(=O)(=O)NC(C)C(=O)NC1CC1. The van der Waals surface area contributed by atoms with Crippen LogP contribution in [-0.2, 0) is 14.8 Å². The summed E-state index contributed by atoms with van der Waals surface area (Å²) in [6.07, 6.45) is 1.90. The fraction of sp³-hybridized carbons (Fsp3) is 0.462. The molecule has 6 nitrogen and oxygen atoms in total. The summed E-state index contributed by atoms with van der Waals surface area (Å²) in [4.78, 5) is 11.9. The number of anilines is 1. The van der Waals surface area contributed by atoms with Gasteiger partial charge in [-0.15, -0.1) is 0 Å². The molecule has 1 aliphatic rings. The third-order valence-corrected chi connectivity index (χ3v) is 5.60. The number of carbonyl (C=O) groups excluding carboxylic acids is 1. The van der Waals surface area contributed by atoms with Crippen molar-refractivity contribution in [2.75, 3.05) is 5.73 Å². The number of halogens is 1. The van der Waals surface area contributed by atoms with E-state index >= 15 is 0 Å². The summed E-state index contributed by atoms with van der Waals surface area (Å²) in [5.74, 6) is -0.316. The van der Waals surface area contributed by atoms with Gasteiger partial charge in [0.1, 0.15) is 0 Å². The second-order valence-corrected chi connectivity index (χ2v) is 7.80. The fourth-order valence-electron chi connectivity index (χ4n) is 1.86. The topological polar surface area (TPSA) is 101 Å². The molecular weight excluding hydrogens is 358 g/mol. The lowest BCUT2D eigenvalue weighted by atomic mass is 10.2. The molecule has 2 rings (SSSR count). The largest absolute Gasteiger partial charge is 0.398 e. The molecule has 1 unspecified atom stereocenters. The van der Waals surface area contributed by atoms with Crippen LogP contribution in [0.5, 0.6) is 0 Å². The predicted molar refractivity (Wildman–Crippen MR) is 84.2 cm³/mol. The summed E-state index contributed by atoms with van der Waals surface area (Å²) in [6, 6.07) is 2.38. The molecule has 1 atom stereocenters. The molecule has 0 aliphatic heterocycles. The highest BCUT2D eigenvalue weighted by Gasteiger charge is 2.28. The van der Waals surface area contributed by atoms with Gasteiger partial charge in [0, 0.05) is 16.2 Å². The van der Waals surface area contributed by atoms with E-state index in [1.807, 2.05) is 0 Å². The molecule has 1 amide bonds. The predicted octanol–water partition coefficient (Wildman–Crippen LogP) is 1.29. The molecule has 0 saturated heterocycles. The molecule has 4 N–H and O–H groups in total.